The Labute approximate surface area is 176 Å². The summed E-state index contributed by atoms with van der Waals surface area (Å²) in [6.07, 6.45) is 1.00. The van der Waals surface area contributed by atoms with Gasteiger partial charge in [0.1, 0.15) is 11.0 Å². The van der Waals surface area contributed by atoms with Gasteiger partial charge in [-0.2, -0.15) is 0 Å². The molecule has 7 nitrogen and oxygen atoms in total. The monoisotopic (exact) mass is 419 g/mol. The van der Waals surface area contributed by atoms with Crippen LogP contribution < -0.4 is 4.74 Å². The van der Waals surface area contributed by atoms with Gasteiger partial charge in [-0.05, 0) is 17.2 Å². The van der Waals surface area contributed by atoms with Crippen LogP contribution in [-0.2, 0) is 27.3 Å². The van der Waals surface area contributed by atoms with Crippen molar-refractivity contribution in [3.63, 3.8) is 0 Å². The number of hydrogen-bond donors (Lipinski definition) is 0. The van der Waals surface area contributed by atoms with Crippen molar-refractivity contribution in [1.29, 1.82) is 0 Å². The van der Waals surface area contributed by atoms with Crippen LogP contribution in [-0.4, -0.2) is 97.1 Å². The number of nitrogens with zero attached hydrogens (tertiary/aromatic N) is 3. The summed E-state index contributed by atoms with van der Waals surface area (Å²) >= 11 is 1.58. The second kappa shape index (κ2) is 9.36. The fourth-order valence-electron chi connectivity index (χ4n) is 4.14. The number of fused-ring (bicyclic) bond motifs is 1. The van der Waals surface area contributed by atoms with Gasteiger partial charge in [-0.25, -0.2) is 0 Å². The third-order valence-corrected chi connectivity index (χ3v) is 7.03. The molecule has 3 aliphatic heterocycles. The molecule has 29 heavy (non-hydrogen) atoms. The number of thioether (sulfide) groups is 1. The van der Waals surface area contributed by atoms with Gasteiger partial charge in [-0.1, -0.05) is 12.1 Å². The summed E-state index contributed by atoms with van der Waals surface area (Å²) in [6.45, 7) is 7.04. The molecule has 0 radical (unpaired) electrons. The van der Waals surface area contributed by atoms with E-state index in [0.717, 1.165) is 57.3 Å². The molecule has 1 aromatic carbocycles. The van der Waals surface area contributed by atoms with Gasteiger partial charge in [-0.15, -0.1) is 11.8 Å². The molecule has 0 saturated carbocycles. The lowest BCUT2D eigenvalue weighted by atomic mass is 10.1. The fourth-order valence-corrected chi connectivity index (χ4v) is 5.27. The van der Waals surface area contributed by atoms with Crippen molar-refractivity contribution < 1.29 is 19.1 Å². The number of benzene rings is 1. The van der Waals surface area contributed by atoms with Gasteiger partial charge in [0.15, 0.2) is 0 Å². The molecule has 1 atom stereocenters. The highest BCUT2D eigenvalue weighted by Gasteiger charge is 2.30. The smallest absolute Gasteiger partial charge is 0.320 e. The minimum atomic E-state index is -0.257. The fraction of sp³-hybridized carbons (Fsp3) is 0.619. The maximum Gasteiger partial charge on any atom is 0.320 e. The van der Waals surface area contributed by atoms with Gasteiger partial charge < -0.3 is 14.4 Å². The van der Waals surface area contributed by atoms with Gasteiger partial charge in [0.25, 0.3) is 0 Å². The molecule has 3 aliphatic rings. The minimum Gasteiger partial charge on any atom is -0.493 e. The molecule has 0 aliphatic carbocycles. The van der Waals surface area contributed by atoms with E-state index in [0.29, 0.717) is 19.6 Å². The van der Waals surface area contributed by atoms with E-state index in [1.807, 2.05) is 4.90 Å². The lowest BCUT2D eigenvalue weighted by molar-refractivity contribution is -0.141. The molecule has 0 aromatic heterocycles. The van der Waals surface area contributed by atoms with Crippen molar-refractivity contribution in [3.05, 3.63) is 29.3 Å². The first-order chi connectivity index (χ1) is 14.1. The summed E-state index contributed by atoms with van der Waals surface area (Å²) in [5.41, 5.74) is 2.65. The Kier molecular flexibility index (Phi) is 6.62. The van der Waals surface area contributed by atoms with Crippen LogP contribution in [0.4, 0.5) is 0 Å². The van der Waals surface area contributed by atoms with Crippen molar-refractivity contribution in [1.82, 2.24) is 14.7 Å². The maximum atomic E-state index is 12.7. The van der Waals surface area contributed by atoms with Crippen LogP contribution >= 0.6 is 11.8 Å². The molecular formula is C21H29N3O4S. The standard InChI is InChI=1S/C21H29N3O4S/c1-27-21(26)19-14-24(9-11-29-19)20(25)15-23-7-5-22(6-8-23)13-16-2-3-18-17(12-16)4-10-28-18/h2-3,12,19H,4-11,13-15H2,1H3/t19-/m0/s1. The van der Waals surface area contributed by atoms with Crippen LogP contribution in [0, 0.1) is 0 Å². The van der Waals surface area contributed by atoms with E-state index in [-0.39, 0.29) is 17.1 Å². The van der Waals surface area contributed by atoms with E-state index in [9.17, 15) is 9.59 Å². The third kappa shape index (κ3) is 5.05. The van der Waals surface area contributed by atoms with Crippen molar-refractivity contribution in [2.45, 2.75) is 18.2 Å². The Morgan fingerprint density at radius 1 is 1.17 bits per heavy atom. The van der Waals surface area contributed by atoms with Crippen molar-refractivity contribution in [2.75, 3.05) is 65.3 Å². The molecule has 4 rings (SSSR count). The summed E-state index contributed by atoms with van der Waals surface area (Å²) in [6, 6.07) is 6.52. The van der Waals surface area contributed by atoms with Crippen LogP contribution in [0.5, 0.6) is 5.75 Å². The molecule has 2 saturated heterocycles. The van der Waals surface area contributed by atoms with Gasteiger partial charge in [-0.3, -0.25) is 19.4 Å². The van der Waals surface area contributed by atoms with Crippen LogP contribution in [0.15, 0.2) is 18.2 Å². The molecule has 0 spiro atoms. The van der Waals surface area contributed by atoms with E-state index in [1.165, 1.54) is 18.2 Å². The van der Waals surface area contributed by atoms with Crippen LogP contribution in [0.25, 0.3) is 0 Å². The highest BCUT2D eigenvalue weighted by atomic mass is 32.2. The largest absolute Gasteiger partial charge is 0.493 e. The lowest BCUT2D eigenvalue weighted by Crippen LogP contribution is -2.52. The number of piperazine rings is 1. The molecule has 1 amide bonds. The van der Waals surface area contributed by atoms with Crippen LogP contribution in [0.1, 0.15) is 11.1 Å². The molecule has 8 heteroatoms. The van der Waals surface area contributed by atoms with E-state index in [1.54, 1.807) is 11.8 Å². The molecule has 0 N–H and O–H groups in total. The zero-order valence-electron chi connectivity index (χ0n) is 17.0. The Hall–Kier alpha value is -1.77. The first-order valence-corrected chi connectivity index (χ1v) is 11.3. The Morgan fingerprint density at radius 2 is 1.97 bits per heavy atom. The zero-order chi connectivity index (χ0) is 20.2. The number of carbonyl (C=O) groups excluding carboxylic acids is 2. The maximum absolute atomic E-state index is 12.7. The Morgan fingerprint density at radius 3 is 2.76 bits per heavy atom. The number of hydrogen-bond acceptors (Lipinski definition) is 7. The van der Waals surface area contributed by atoms with Gasteiger partial charge in [0.05, 0.1) is 20.3 Å². The Balaban J connectivity index is 1.22. The first-order valence-electron chi connectivity index (χ1n) is 10.3. The first kappa shape index (κ1) is 20.5. The van der Waals surface area contributed by atoms with E-state index >= 15 is 0 Å². The summed E-state index contributed by atoms with van der Waals surface area (Å²) in [4.78, 5) is 31.0. The molecule has 0 bridgehead atoms. The molecular weight excluding hydrogens is 390 g/mol. The molecule has 0 unspecified atom stereocenters. The number of amides is 1. The molecule has 3 heterocycles. The van der Waals surface area contributed by atoms with Crippen molar-refractivity contribution in [2.24, 2.45) is 0 Å². The van der Waals surface area contributed by atoms with Crippen molar-refractivity contribution in [3.8, 4) is 5.75 Å². The predicted octanol–water partition coefficient (Wildman–Crippen LogP) is 0.856. The Bertz CT molecular complexity index is 751. The van der Waals surface area contributed by atoms with E-state index in [4.69, 9.17) is 9.47 Å². The summed E-state index contributed by atoms with van der Waals surface area (Å²) in [5.74, 6) is 1.69. The van der Waals surface area contributed by atoms with Gasteiger partial charge in [0, 0.05) is 58.0 Å². The number of methoxy groups -OCH3 is 1. The molecule has 2 fully saturated rings. The van der Waals surface area contributed by atoms with E-state index in [2.05, 4.69) is 28.0 Å². The number of esters is 1. The lowest BCUT2D eigenvalue weighted by Gasteiger charge is -2.36. The van der Waals surface area contributed by atoms with E-state index < -0.39 is 0 Å². The molecule has 158 valence electrons. The summed E-state index contributed by atoms with van der Waals surface area (Å²) < 4.78 is 10.4. The highest BCUT2D eigenvalue weighted by Crippen LogP contribution is 2.26. The normalized spacial score (nSPS) is 22.8. The SMILES string of the molecule is COC(=O)[C@@H]1CN(C(=O)CN2CCN(Cc3ccc4c(c3)CCO4)CC2)CCS1. The average molecular weight is 420 g/mol. The number of ether oxygens (including phenoxy) is 2. The third-order valence-electron chi connectivity index (χ3n) is 5.87. The quantitative estimate of drug-likeness (QED) is 0.656. The average Bonchev–Trinajstić information content (AvgIpc) is 3.22. The van der Waals surface area contributed by atoms with Gasteiger partial charge >= 0.3 is 5.97 Å². The summed E-state index contributed by atoms with van der Waals surface area (Å²) in [7, 11) is 1.40. The van der Waals surface area contributed by atoms with Crippen LogP contribution in [0.2, 0.25) is 0 Å². The predicted molar refractivity (Wildman–Crippen MR) is 112 cm³/mol. The topological polar surface area (TPSA) is 62.3 Å². The summed E-state index contributed by atoms with van der Waals surface area (Å²) in [5, 5.41) is -0.257. The molecule has 1 aromatic rings. The zero-order valence-corrected chi connectivity index (χ0v) is 17.8. The second-order valence-corrected chi connectivity index (χ2v) is 9.13. The number of rotatable bonds is 5. The highest BCUT2D eigenvalue weighted by molar-refractivity contribution is 8.00. The minimum absolute atomic E-state index is 0.117. The van der Waals surface area contributed by atoms with Gasteiger partial charge in [0.2, 0.25) is 5.91 Å². The van der Waals surface area contributed by atoms with Crippen molar-refractivity contribution >= 4 is 23.6 Å². The second-order valence-electron chi connectivity index (χ2n) is 7.82. The van der Waals surface area contributed by atoms with Crippen LogP contribution in [0.3, 0.4) is 0 Å². The number of carbonyl (C=O) groups is 2.